The van der Waals surface area contributed by atoms with Crippen molar-refractivity contribution < 1.29 is 9.18 Å². The monoisotopic (exact) mass is 322 g/mol. The number of benzene rings is 2. The zero-order valence-electron chi connectivity index (χ0n) is 10.7. The minimum atomic E-state index is -0.676. The number of hydrogen-bond acceptors (Lipinski definition) is 2. The average molecular weight is 323 g/mol. The molecule has 2 aromatic rings. The van der Waals surface area contributed by atoms with Gasteiger partial charge in [-0.25, -0.2) is 4.39 Å². The molecule has 0 spiro atoms. The molecular weight excluding hydrogens is 314 g/mol. The average Bonchev–Trinajstić information content (AvgIpc) is 2.43. The van der Waals surface area contributed by atoms with E-state index in [0.717, 1.165) is 6.07 Å². The maximum atomic E-state index is 13.4. The van der Waals surface area contributed by atoms with Crippen LogP contribution >= 0.6 is 23.2 Å². The zero-order valence-corrected chi connectivity index (χ0v) is 12.2. The molecule has 0 aliphatic rings. The number of anilines is 1. The van der Waals surface area contributed by atoms with Crippen LogP contribution in [0.1, 0.15) is 11.1 Å². The molecule has 106 valence electrons. The normalized spacial score (nSPS) is 10.0. The molecule has 3 nitrogen and oxygen atoms in total. The van der Waals surface area contributed by atoms with E-state index in [0.29, 0.717) is 15.6 Å². The molecule has 1 N–H and O–H groups in total. The van der Waals surface area contributed by atoms with E-state index >= 15 is 0 Å². The molecule has 2 rings (SSSR count). The number of hydrogen-bond donors (Lipinski definition) is 1. The van der Waals surface area contributed by atoms with Gasteiger partial charge in [0.2, 0.25) is 5.91 Å². The van der Waals surface area contributed by atoms with E-state index in [4.69, 9.17) is 28.5 Å². The summed E-state index contributed by atoms with van der Waals surface area (Å²) in [5, 5.41) is 12.2. The molecule has 1 amide bonds. The van der Waals surface area contributed by atoms with Crippen molar-refractivity contribution in [3.8, 4) is 6.07 Å². The fourth-order valence-corrected chi connectivity index (χ4v) is 2.09. The Morgan fingerprint density at radius 3 is 2.67 bits per heavy atom. The third-order valence-electron chi connectivity index (χ3n) is 2.75. The third kappa shape index (κ3) is 3.72. The summed E-state index contributed by atoms with van der Waals surface area (Å²) < 4.78 is 13.4. The Labute approximate surface area is 130 Å². The molecule has 2 aromatic carbocycles. The lowest BCUT2D eigenvalue weighted by Gasteiger charge is -2.08. The Morgan fingerprint density at radius 1 is 1.24 bits per heavy atom. The zero-order chi connectivity index (χ0) is 15.4. The van der Waals surface area contributed by atoms with E-state index < -0.39 is 5.82 Å². The van der Waals surface area contributed by atoms with Crippen LogP contribution in [-0.4, -0.2) is 5.91 Å². The number of nitrogens with one attached hydrogen (secondary N) is 1. The maximum Gasteiger partial charge on any atom is 0.228 e. The van der Waals surface area contributed by atoms with Gasteiger partial charge < -0.3 is 5.32 Å². The number of rotatable bonds is 3. The lowest BCUT2D eigenvalue weighted by atomic mass is 10.1. The van der Waals surface area contributed by atoms with Crippen molar-refractivity contribution in [3.63, 3.8) is 0 Å². The number of carbonyl (C=O) groups excluding carboxylic acids is 1. The Kier molecular flexibility index (Phi) is 4.79. The van der Waals surface area contributed by atoms with Crippen LogP contribution in [0.3, 0.4) is 0 Å². The van der Waals surface area contributed by atoms with Crippen LogP contribution in [0.15, 0.2) is 36.4 Å². The van der Waals surface area contributed by atoms with Gasteiger partial charge in [0.15, 0.2) is 0 Å². The van der Waals surface area contributed by atoms with Gasteiger partial charge >= 0.3 is 0 Å². The molecule has 0 aliphatic carbocycles. The Balaban J connectivity index is 2.14. The number of amides is 1. The molecule has 0 radical (unpaired) electrons. The first-order valence-corrected chi connectivity index (χ1v) is 6.69. The Bertz CT molecular complexity index is 741. The van der Waals surface area contributed by atoms with Crippen LogP contribution in [0.25, 0.3) is 0 Å². The van der Waals surface area contributed by atoms with Gasteiger partial charge in [0, 0.05) is 0 Å². The minimum absolute atomic E-state index is 0.0400. The highest BCUT2D eigenvalue weighted by molar-refractivity contribution is 6.42. The molecule has 0 aromatic heterocycles. The summed E-state index contributed by atoms with van der Waals surface area (Å²) in [4.78, 5) is 11.9. The van der Waals surface area contributed by atoms with Gasteiger partial charge in [0.25, 0.3) is 0 Å². The molecule has 0 atom stereocenters. The quantitative estimate of drug-likeness (QED) is 0.921. The molecule has 0 saturated carbocycles. The van der Waals surface area contributed by atoms with Crippen molar-refractivity contribution in [2.45, 2.75) is 6.42 Å². The van der Waals surface area contributed by atoms with Crippen molar-refractivity contribution in [3.05, 3.63) is 63.4 Å². The predicted octanol–water partition coefficient (Wildman–Crippen LogP) is 4.19. The van der Waals surface area contributed by atoms with E-state index in [1.165, 1.54) is 12.1 Å². The van der Waals surface area contributed by atoms with E-state index in [9.17, 15) is 9.18 Å². The molecule has 6 heteroatoms. The molecule has 0 fully saturated rings. The Hall–Kier alpha value is -2.09. The largest absolute Gasteiger partial charge is 0.325 e. The van der Waals surface area contributed by atoms with Crippen LogP contribution < -0.4 is 5.32 Å². The predicted molar refractivity (Wildman–Crippen MR) is 79.9 cm³/mol. The standard InChI is InChI=1S/C15H9Cl2FN2O/c16-11-5-4-9(6-12(11)17)7-15(21)20-14-3-1-2-13(18)10(14)8-19/h1-6H,7H2,(H,20,21). The topological polar surface area (TPSA) is 52.9 Å². The van der Waals surface area contributed by atoms with Crippen molar-refractivity contribution in [1.29, 1.82) is 5.26 Å². The number of carbonyl (C=O) groups is 1. The highest BCUT2D eigenvalue weighted by Crippen LogP contribution is 2.23. The SMILES string of the molecule is N#Cc1c(F)cccc1NC(=O)Cc1ccc(Cl)c(Cl)c1. The second kappa shape index (κ2) is 6.57. The molecular formula is C15H9Cl2FN2O. The summed E-state index contributed by atoms with van der Waals surface area (Å²) in [7, 11) is 0. The lowest BCUT2D eigenvalue weighted by Crippen LogP contribution is -2.15. The molecule has 21 heavy (non-hydrogen) atoms. The lowest BCUT2D eigenvalue weighted by molar-refractivity contribution is -0.115. The smallest absolute Gasteiger partial charge is 0.228 e. The molecule has 0 bridgehead atoms. The van der Waals surface area contributed by atoms with Crippen LogP contribution in [0.2, 0.25) is 10.0 Å². The summed E-state index contributed by atoms with van der Waals surface area (Å²) in [6, 6.07) is 10.6. The summed E-state index contributed by atoms with van der Waals surface area (Å²) in [6.07, 6.45) is 0.0400. The minimum Gasteiger partial charge on any atom is -0.325 e. The second-order valence-corrected chi connectivity index (χ2v) is 5.06. The van der Waals surface area contributed by atoms with E-state index in [2.05, 4.69) is 5.32 Å². The first kappa shape index (κ1) is 15.3. The van der Waals surface area contributed by atoms with Crippen molar-refractivity contribution >= 4 is 34.8 Å². The van der Waals surface area contributed by atoms with Gasteiger partial charge in [-0.2, -0.15) is 5.26 Å². The van der Waals surface area contributed by atoms with E-state index in [-0.39, 0.29) is 23.6 Å². The highest BCUT2D eigenvalue weighted by atomic mass is 35.5. The number of halogens is 3. The van der Waals surface area contributed by atoms with Gasteiger partial charge in [-0.3, -0.25) is 4.79 Å². The fraction of sp³-hybridized carbons (Fsp3) is 0.0667. The van der Waals surface area contributed by atoms with Crippen molar-refractivity contribution in [2.75, 3.05) is 5.32 Å². The second-order valence-electron chi connectivity index (χ2n) is 4.25. The van der Waals surface area contributed by atoms with Gasteiger partial charge in [0.1, 0.15) is 17.4 Å². The van der Waals surface area contributed by atoms with Crippen molar-refractivity contribution in [1.82, 2.24) is 0 Å². The summed E-state index contributed by atoms with van der Waals surface area (Å²) in [6.45, 7) is 0. The number of nitrogens with zero attached hydrogens (tertiary/aromatic N) is 1. The summed E-state index contributed by atoms with van der Waals surface area (Å²) in [5.74, 6) is -1.06. The van der Waals surface area contributed by atoms with E-state index in [1.807, 2.05) is 0 Å². The first-order valence-electron chi connectivity index (χ1n) is 5.93. The van der Waals surface area contributed by atoms with Crippen LogP contribution in [0, 0.1) is 17.1 Å². The maximum absolute atomic E-state index is 13.4. The van der Waals surface area contributed by atoms with E-state index in [1.54, 1.807) is 24.3 Å². The summed E-state index contributed by atoms with van der Waals surface area (Å²) in [5.41, 5.74) is 0.611. The molecule has 0 heterocycles. The molecule has 0 saturated heterocycles. The van der Waals surface area contributed by atoms with Gasteiger partial charge in [-0.05, 0) is 29.8 Å². The van der Waals surface area contributed by atoms with Gasteiger partial charge in [-0.1, -0.05) is 35.3 Å². The van der Waals surface area contributed by atoms with Gasteiger partial charge in [0.05, 0.1) is 22.2 Å². The highest BCUT2D eigenvalue weighted by Gasteiger charge is 2.11. The van der Waals surface area contributed by atoms with Gasteiger partial charge in [-0.15, -0.1) is 0 Å². The van der Waals surface area contributed by atoms with Crippen LogP contribution in [0.5, 0.6) is 0 Å². The third-order valence-corrected chi connectivity index (χ3v) is 3.49. The number of nitriles is 1. The van der Waals surface area contributed by atoms with Crippen LogP contribution in [0.4, 0.5) is 10.1 Å². The Morgan fingerprint density at radius 2 is 2.00 bits per heavy atom. The molecule has 0 aliphatic heterocycles. The fourth-order valence-electron chi connectivity index (χ4n) is 1.77. The summed E-state index contributed by atoms with van der Waals surface area (Å²) >= 11 is 11.7. The van der Waals surface area contributed by atoms with Crippen molar-refractivity contribution in [2.24, 2.45) is 0 Å². The van der Waals surface area contributed by atoms with Crippen LogP contribution in [-0.2, 0) is 11.2 Å². The molecule has 0 unspecified atom stereocenters. The first-order chi connectivity index (χ1) is 10.0.